The number of phenolic OH excluding ortho intramolecular Hbond substituents is 1. The van der Waals surface area contributed by atoms with Crippen molar-refractivity contribution >= 4 is 5.69 Å². The quantitative estimate of drug-likeness (QED) is 0.593. The van der Waals surface area contributed by atoms with Crippen LogP contribution in [0.15, 0.2) is 12.1 Å². The molecule has 0 aromatic heterocycles. The minimum absolute atomic E-state index is 0.122. The third kappa shape index (κ3) is 2.40. The molecule has 0 aliphatic heterocycles. The molecule has 1 rings (SSSR count). The number of nitro benzene ring substituents is 1. The summed E-state index contributed by atoms with van der Waals surface area (Å²) in [5, 5.41) is 20.3. The fourth-order valence-electron chi connectivity index (χ4n) is 1.51. The fraction of sp³-hybridized carbons (Fsp3) is 0.400. The molecule has 16 heavy (non-hydrogen) atoms. The van der Waals surface area contributed by atoms with Gasteiger partial charge in [-0.1, -0.05) is 0 Å². The minimum Gasteiger partial charge on any atom is -0.504 e. The third-order valence-corrected chi connectivity index (χ3v) is 2.12. The lowest BCUT2D eigenvalue weighted by Crippen LogP contribution is -2.18. The third-order valence-electron chi connectivity index (χ3n) is 2.12. The summed E-state index contributed by atoms with van der Waals surface area (Å²) in [6, 6.07) is 2.65. The molecule has 1 atom stereocenters. The zero-order valence-electron chi connectivity index (χ0n) is 9.14. The number of nitrogens with zero attached hydrogens (tertiary/aromatic N) is 1. The second-order valence-corrected chi connectivity index (χ2v) is 3.56. The summed E-state index contributed by atoms with van der Waals surface area (Å²) in [5.74, 6) is -0.370. The summed E-state index contributed by atoms with van der Waals surface area (Å²) >= 11 is 0. The van der Waals surface area contributed by atoms with Gasteiger partial charge in [0.25, 0.3) is 0 Å². The largest absolute Gasteiger partial charge is 0.504 e. The topological polar surface area (TPSA) is 98.6 Å². The Morgan fingerprint density at radius 3 is 2.69 bits per heavy atom. The van der Waals surface area contributed by atoms with Gasteiger partial charge in [0.05, 0.1) is 12.0 Å². The maximum absolute atomic E-state index is 10.9. The van der Waals surface area contributed by atoms with Crippen LogP contribution in [0.3, 0.4) is 0 Å². The van der Waals surface area contributed by atoms with E-state index in [0.717, 1.165) is 0 Å². The number of ether oxygens (including phenoxy) is 1. The van der Waals surface area contributed by atoms with E-state index < -0.39 is 4.92 Å². The van der Waals surface area contributed by atoms with E-state index in [1.165, 1.54) is 19.2 Å². The normalized spacial score (nSPS) is 12.2. The minimum atomic E-state index is -0.573. The number of hydrogen-bond donors (Lipinski definition) is 2. The van der Waals surface area contributed by atoms with Gasteiger partial charge in [0, 0.05) is 11.6 Å². The van der Waals surface area contributed by atoms with Crippen LogP contribution in [0.25, 0.3) is 0 Å². The molecule has 0 saturated heterocycles. The first-order chi connectivity index (χ1) is 7.47. The second-order valence-electron chi connectivity index (χ2n) is 3.56. The number of benzene rings is 1. The average molecular weight is 226 g/mol. The van der Waals surface area contributed by atoms with Gasteiger partial charge in [0.1, 0.15) is 0 Å². The van der Waals surface area contributed by atoms with E-state index in [9.17, 15) is 15.2 Å². The van der Waals surface area contributed by atoms with Crippen LogP contribution in [0.2, 0.25) is 0 Å². The van der Waals surface area contributed by atoms with Crippen molar-refractivity contribution in [2.24, 2.45) is 5.73 Å². The first-order valence-corrected chi connectivity index (χ1v) is 4.76. The Bertz CT molecular complexity index is 404. The Kier molecular flexibility index (Phi) is 3.68. The highest BCUT2D eigenvalue weighted by Gasteiger charge is 2.24. The molecule has 3 N–H and O–H groups in total. The SMILES string of the molecule is COc1c(O)ccc(CC(C)N)c1[N+](=O)[O-]. The Hall–Kier alpha value is -1.82. The summed E-state index contributed by atoms with van der Waals surface area (Å²) in [6.45, 7) is 1.75. The molecule has 0 bridgehead atoms. The van der Waals surface area contributed by atoms with Gasteiger partial charge in [0.2, 0.25) is 5.75 Å². The molecular weight excluding hydrogens is 212 g/mol. The summed E-state index contributed by atoms with van der Waals surface area (Å²) in [5.41, 5.74) is 5.83. The van der Waals surface area contributed by atoms with Gasteiger partial charge >= 0.3 is 5.69 Å². The molecule has 1 unspecified atom stereocenters. The summed E-state index contributed by atoms with van der Waals surface area (Å²) in [6.07, 6.45) is 0.354. The van der Waals surface area contributed by atoms with E-state index in [0.29, 0.717) is 12.0 Å². The molecule has 0 amide bonds. The Labute approximate surface area is 92.8 Å². The summed E-state index contributed by atoms with van der Waals surface area (Å²) in [7, 11) is 1.28. The number of hydrogen-bond acceptors (Lipinski definition) is 5. The van der Waals surface area contributed by atoms with E-state index in [1.54, 1.807) is 6.92 Å². The van der Waals surface area contributed by atoms with Crippen LogP contribution in [-0.2, 0) is 6.42 Å². The van der Waals surface area contributed by atoms with Crippen LogP contribution in [-0.4, -0.2) is 23.2 Å². The molecule has 1 aromatic rings. The summed E-state index contributed by atoms with van der Waals surface area (Å²) in [4.78, 5) is 10.3. The first kappa shape index (κ1) is 12.3. The number of aromatic hydroxyl groups is 1. The highest BCUT2D eigenvalue weighted by atomic mass is 16.6. The standard InChI is InChI=1S/C10H14N2O4/c1-6(11)5-7-3-4-8(13)10(16-2)9(7)12(14)15/h3-4,6,13H,5,11H2,1-2H3. The zero-order chi connectivity index (χ0) is 12.3. The summed E-state index contributed by atoms with van der Waals surface area (Å²) < 4.78 is 4.83. The van der Waals surface area contributed by atoms with E-state index in [4.69, 9.17) is 10.5 Å². The lowest BCUT2D eigenvalue weighted by Gasteiger charge is -2.10. The molecule has 0 aliphatic carbocycles. The number of nitrogens with two attached hydrogens (primary N) is 1. The maximum Gasteiger partial charge on any atom is 0.318 e. The Balaban J connectivity index is 3.33. The van der Waals surface area contributed by atoms with E-state index in [1.807, 2.05) is 0 Å². The zero-order valence-corrected chi connectivity index (χ0v) is 9.14. The molecule has 1 aromatic carbocycles. The average Bonchev–Trinajstić information content (AvgIpc) is 2.18. The van der Waals surface area contributed by atoms with Gasteiger partial charge in [-0.25, -0.2) is 0 Å². The predicted molar refractivity (Wildman–Crippen MR) is 58.7 cm³/mol. The number of phenols is 1. The Morgan fingerprint density at radius 1 is 1.62 bits per heavy atom. The number of nitro groups is 1. The lowest BCUT2D eigenvalue weighted by atomic mass is 10.0. The molecule has 0 heterocycles. The molecule has 0 fully saturated rings. The number of rotatable bonds is 4. The predicted octanol–water partition coefficient (Wildman–Crippen LogP) is 1.20. The molecule has 6 nitrogen and oxygen atoms in total. The van der Waals surface area contributed by atoms with Crippen LogP contribution < -0.4 is 10.5 Å². The van der Waals surface area contributed by atoms with Crippen molar-refractivity contribution in [1.82, 2.24) is 0 Å². The van der Waals surface area contributed by atoms with Gasteiger partial charge in [0.15, 0.2) is 5.75 Å². The van der Waals surface area contributed by atoms with E-state index in [2.05, 4.69) is 0 Å². The van der Waals surface area contributed by atoms with Crippen molar-refractivity contribution in [1.29, 1.82) is 0 Å². The maximum atomic E-state index is 10.9. The molecule has 88 valence electrons. The van der Waals surface area contributed by atoms with Crippen molar-refractivity contribution in [3.63, 3.8) is 0 Å². The molecule has 0 radical (unpaired) electrons. The van der Waals surface area contributed by atoms with Crippen molar-refractivity contribution in [3.05, 3.63) is 27.8 Å². The van der Waals surface area contributed by atoms with Gasteiger partial charge in [-0.2, -0.15) is 0 Å². The van der Waals surface area contributed by atoms with Crippen molar-refractivity contribution in [2.45, 2.75) is 19.4 Å². The molecule has 0 spiro atoms. The molecule has 0 aliphatic rings. The monoisotopic (exact) mass is 226 g/mol. The van der Waals surface area contributed by atoms with Crippen molar-refractivity contribution < 1.29 is 14.8 Å². The van der Waals surface area contributed by atoms with Crippen LogP contribution >= 0.6 is 0 Å². The Morgan fingerprint density at radius 2 is 2.25 bits per heavy atom. The van der Waals surface area contributed by atoms with Crippen LogP contribution in [0.1, 0.15) is 12.5 Å². The fourth-order valence-corrected chi connectivity index (χ4v) is 1.51. The molecule has 0 saturated carbocycles. The van der Waals surface area contributed by atoms with Crippen LogP contribution in [0, 0.1) is 10.1 Å². The highest BCUT2D eigenvalue weighted by molar-refractivity contribution is 5.60. The highest BCUT2D eigenvalue weighted by Crippen LogP contribution is 2.38. The van der Waals surface area contributed by atoms with Crippen molar-refractivity contribution in [2.75, 3.05) is 7.11 Å². The lowest BCUT2D eigenvalue weighted by molar-refractivity contribution is -0.386. The van der Waals surface area contributed by atoms with Gasteiger partial charge in [-0.3, -0.25) is 10.1 Å². The van der Waals surface area contributed by atoms with E-state index >= 15 is 0 Å². The number of methoxy groups -OCH3 is 1. The van der Waals surface area contributed by atoms with Gasteiger partial charge < -0.3 is 15.6 Å². The van der Waals surface area contributed by atoms with E-state index in [-0.39, 0.29) is 23.2 Å². The van der Waals surface area contributed by atoms with Crippen LogP contribution in [0.4, 0.5) is 5.69 Å². The second kappa shape index (κ2) is 4.80. The van der Waals surface area contributed by atoms with Gasteiger partial charge in [-0.05, 0) is 25.5 Å². The van der Waals surface area contributed by atoms with Gasteiger partial charge in [-0.15, -0.1) is 0 Å². The van der Waals surface area contributed by atoms with Crippen LogP contribution in [0.5, 0.6) is 11.5 Å². The van der Waals surface area contributed by atoms with Crippen molar-refractivity contribution in [3.8, 4) is 11.5 Å². The molecular formula is C10H14N2O4. The smallest absolute Gasteiger partial charge is 0.318 e. The molecule has 6 heteroatoms. The first-order valence-electron chi connectivity index (χ1n) is 4.76.